The lowest BCUT2D eigenvalue weighted by molar-refractivity contribution is -0.138. The normalized spacial score (nSPS) is 15.5. The van der Waals surface area contributed by atoms with E-state index in [0.29, 0.717) is 24.0 Å². The van der Waals surface area contributed by atoms with Crippen LogP contribution in [-0.4, -0.2) is 87.8 Å². The molecule has 0 radical (unpaired) electrons. The van der Waals surface area contributed by atoms with Crippen LogP contribution in [0.15, 0.2) is 29.2 Å². The van der Waals surface area contributed by atoms with Gasteiger partial charge < -0.3 is 19.9 Å². The third kappa shape index (κ3) is 11.9. The molecule has 1 aromatic carbocycles. The van der Waals surface area contributed by atoms with Gasteiger partial charge in [-0.25, -0.2) is 8.42 Å². The summed E-state index contributed by atoms with van der Waals surface area (Å²) in [6.45, 7) is 15.3. The summed E-state index contributed by atoms with van der Waals surface area (Å²) in [6, 6.07) is 7.60. The average molecular weight is 498 g/mol. The summed E-state index contributed by atoms with van der Waals surface area (Å²) in [7, 11) is -3.14. The summed E-state index contributed by atoms with van der Waals surface area (Å²) in [5.74, 6) is 0.208. The lowest BCUT2D eigenvalue weighted by Gasteiger charge is -2.30. The summed E-state index contributed by atoms with van der Waals surface area (Å²) in [5, 5.41) is 3.10. The molecule has 1 N–H and O–H groups in total. The van der Waals surface area contributed by atoms with E-state index in [0.717, 1.165) is 57.5 Å². The van der Waals surface area contributed by atoms with Crippen LogP contribution in [0.3, 0.4) is 0 Å². The Balaban J connectivity index is 0.000000718. The zero-order valence-corrected chi connectivity index (χ0v) is 22.5. The number of benzene rings is 1. The largest absolute Gasteiger partial charge is 0.462 e. The smallest absolute Gasteiger partial charge is 0.293 e. The van der Waals surface area contributed by atoms with Gasteiger partial charge in [0, 0.05) is 31.9 Å². The van der Waals surface area contributed by atoms with Gasteiger partial charge in [0.25, 0.3) is 6.47 Å². The van der Waals surface area contributed by atoms with Crippen molar-refractivity contribution in [2.45, 2.75) is 70.4 Å². The molecular weight excluding hydrogens is 454 g/mol. The van der Waals surface area contributed by atoms with Crippen LogP contribution in [0.2, 0.25) is 0 Å². The topological polar surface area (TPSA) is 96.0 Å². The minimum Gasteiger partial charge on any atom is -0.462 e. The van der Waals surface area contributed by atoms with Gasteiger partial charge in [0.2, 0.25) is 5.91 Å². The summed E-state index contributed by atoms with van der Waals surface area (Å²) in [4.78, 5) is 26.2. The van der Waals surface area contributed by atoms with Crippen molar-refractivity contribution in [2.75, 3.05) is 45.5 Å². The number of carbonyl (C=O) groups is 2. The van der Waals surface area contributed by atoms with E-state index >= 15 is 0 Å². The first-order chi connectivity index (χ1) is 15.9. The van der Waals surface area contributed by atoms with E-state index in [-0.39, 0.29) is 11.5 Å². The molecule has 1 amide bonds. The fourth-order valence-electron chi connectivity index (χ4n) is 3.68. The molecule has 0 aliphatic carbocycles. The van der Waals surface area contributed by atoms with Gasteiger partial charge in [-0.15, -0.1) is 0 Å². The highest BCUT2D eigenvalue weighted by atomic mass is 32.2. The van der Waals surface area contributed by atoms with Crippen molar-refractivity contribution in [3.63, 3.8) is 0 Å². The number of nitrogens with zero attached hydrogens (tertiary/aromatic N) is 2. The second-order valence-corrected chi connectivity index (χ2v) is 11.7. The molecule has 2 rings (SSSR count). The minimum atomic E-state index is -3.14. The molecule has 194 valence electrons. The van der Waals surface area contributed by atoms with Crippen molar-refractivity contribution in [2.24, 2.45) is 0 Å². The lowest BCUT2D eigenvalue weighted by atomic mass is 10.1. The van der Waals surface area contributed by atoms with Crippen molar-refractivity contribution in [1.82, 2.24) is 15.1 Å². The Hall–Kier alpha value is -1.97. The van der Waals surface area contributed by atoms with Crippen molar-refractivity contribution >= 4 is 22.2 Å². The van der Waals surface area contributed by atoms with Crippen molar-refractivity contribution in [3.8, 4) is 0 Å². The Morgan fingerprint density at radius 3 is 2.32 bits per heavy atom. The monoisotopic (exact) mass is 497 g/mol. The number of nitrogens with one attached hydrogen (secondary N) is 1. The van der Waals surface area contributed by atoms with E-state index in [1.54, 1.807) is 12.1 Å². The van der Waals surface area contributed by atoms with Crippen LogP contribution in [0, 0.1) is 0 Å². The Bertz CT molecular complexity index is 850. The molecule has 1 fully saturated rings. The highest BCUT2D eigenvalue weighted by Gasteiger charge is 2.17. The zero-order valence-electron chi connectivity index (χ0n) is 21.7. The Kier molecular flexibility index (Phi) is 12.8. The molecule has 9 heteroatoms. The number of amides is 1. The molecule has 34 heavy (non-hydrogen) atoms. The van der Waals surface area contributed by atoms with Crippen LogP contribution < -0.4 is 5.32 Å². The number of piperazine rings is 1. The van der Waals surface area contributed by atoms with Gasteiger partial charge in [0.1, 0.15) is 5.60 Å². The first kappa shape index (κ1) is 30.1. The highest BCUT2D eigenvalue weighted by molar-refractivity contribution is 7.90. The molecule has 1 aromatic rings. The number of likely N-dealkylation sites (N-methyl/N-ethyl adjacent to an activating group) is 1. The second kappa shape index (κ2) is 14.4. The number of unbranched alkanes of at least 4 members (excludes halogenated alkanes) is 1. The Morgan fingerprint density at radius 2 is 1.85 bits per heavy atom. The predicted octanol–water partition coefficient (Wildman–Crippen LogP) is 2.51. The fraction of sp³-hybridized carbons (Fsp3) is 0.680. The fourth-order valence-corrected chi connectivity index (χ4v) is 4.31. The highest BCUT2D eigenvalue weighted by Crippen LogP contribution is 2.14. The number of carbonyl (C=O) groups excluding carboxylic acids is 2. The number of hydrogen-bond donors (Lipinski definition) is 1. The predicted molar refractivity (Wildman–Crippen MR) is 136 cm³/mol. The first-order valence-corrected chi connectivity index (χ1v) is 13.9. The SMILES string of the molecule is CC(C)(C)OC=O.CCN(CCCCN1CCNCC1=O)C(C)Cc1ccc(S(C)(=O)=O)cc1. The molecule has 1 unspecified atom stereocenters. The van der Waals surface area contributed by atoms with Gasteiger partial charge >= 0.3 is 0 Å². The Labute approximate surface area is 205 Å². The number of sulfone groups is 1. The Morgan fingerprint density at radius 1 is 1.21 bits per heavy atom. The molecule has 1 aliphatic heterocycles. The van der Waals surface area contributed by atoms with Gasteiger partial charge in [-0.3, -0.25) is 9.59 Å². The molecule has 1 aliphatic rings. The van der Waals surface area contributed by atoms with Crippen LogP contribution in [-0.2, 0) is 30.6 Å². The van der Waals surface area contributed by atoms with Gasteiger partial charge in [-0.2, -0.15) is 0 Å². The molecule has 1 saturated heterocycles. The van der Waals surface area contributed by atoms with Gasteiger partial charge in [-0.05, 0) is 77.7 Å². The first-order valence-electron chi connectivity index (χ1n) is 12.0. The molecule has 0 bridgehead atoms. The number of hydrogen-bond acceptors (Lipinski definition) is 7. The third-order valence-electron chi connectivity index (χ3n) is 5.62. The van der Waals surface area contributed by atoms with Crippen molar-refractivity contribution < 1.29 is 22.7 Å². The second-order valence-electron chi connectivity index (χ2n) is 9.69. The van der Waals surface area contributed by atoms with Crippen LogP contribution in [0.1, 0.15) is 53.0 Å². The van der Waals surface area contributed by atoms with Crippen molar-refractivity contribution in [3.05, 3.63) is 29.8 Å². The maximum Gasteiger partial charge on any atom is 0.293 e. The quantitative estimate of drug-likeness (QED) is 0.371. The van der Waals surface area contributed by atoms with Crippen molar-refractivity contribution in [1.29, 1.82) is 0 Å². The van der Waals surface area contributed by atoms with Crippen LogP contribution in [0.5, 0.6) is 0 Å². The standard InChI is InChI=1S/C20H33N3O3S.C5H10O2/c1-4-22(12-5-6-13-23-14-11-21-16-20(23)24)17(2)15-18-7-9-19(10-8-18)27(3,25)26;1-5(2,3)7-4-6/h7-10,17,21H,4-6,11-16H2,1-3H3;4H,1-3H3. The van der Waals surface area contributed by atoms with Crippen LogP contribution in [0.4, 0.5) is 0 Å². The average Bonchev–Trinajstić information content (AvgIpc) is 2.74. The van der Waals surface area contributed by atoms with E-state index in [1.807, 2.05) is 37.8 Å². The molecular formula is C25H43N3O5S. The maximum atomic E-state index is 11.8. The molecule has 0 spiro atoms. The van der Waals surface area contributed by atoms with E-state index in [2.05, 4.69) is 28.8 Å². The van der Waals surface area contributed by atoms with Gasteiger partial charge in [-0.1, -0.05) is 19.1 Å². The van der Waals surface area contributed by atoms with E-state index < -0.39 is 9.84 Å². The van der Waals surface area contributed by atoms with Crippen LogP contribution >= 0.6 is 0 Å². The summed E-state index contributed by atoms with van der Waals surface area (Å²) >= 11 is 0. The maximum absolute atomic E-state index is 11.8. The zero-order chi connectivity index (χ0) is 25.8. The summed E-state index contributed by atoms with van der Waals surface area (Å²) < 4.78 is 27.7. The molecule has 1 atom stereocenters. The van der Waals surface area contributed by atoms with Gasteiger partial charge in [0.05, 0.1) is 11.4 Å². The lowest BCUT2D eigenvalue weighted by Crippen LogP contribution is -2.48. The van der Waals surface area contributed by atoms with Gasteiger partial charge in [0.15, 0.2) is 9.84 Å². The summed E-state index contributed by atoms with van der Waals surface area (Å²) in [6.07, 6.45) is 4.23. The molecule has 0 aromatic heterocycles. The molecule has 1 heterocycles. The molecule has 0 saturated carbocycles. The van der Waals surface area contributed by atoms with E-state index in [4.69, 9.17) is 0 Å². The molecule has 8 nitrogen and oxygen atoms in total. The minimum absolute atomic E-state index is 0.208. The van der Waals surface area contributed by atoms with Crippen LogP contribution in [0.25, 0.3) is 0 Å². The summed E-state index contributed by atoms with van der Waals surface area (Å²) in [5.41, 5.74) is 0.835. The number of rotatable bonds is 11. The number of ether oxygens (including phenoxy) is 1. The van der Waals surface area contributed by atoms with E-state index in [1.165, 1.54) is 6.26 Å². The van der Waals surface area contributed by atoms with E-state index in [9.17, 15) is 18.0 Å². The third-order valence-corrected chi connectivity index (χ3v) is 6.75.